The van der Waals surface area contributed by atoms with E-state index in [1.807, 2.05) is 30.5 Å². The lowest BCUT2D eigenvalue weighted by atomic mass is 10.0. The molecule has 10 nitrogen and oxygen atoms in total. The van der Waals surface area contributed by atoms with E-state index in [1.54, 1.807) is 7.11 Å². The molecule has 0 atom stereocenters. The Hall–Kier alpha value is -4.25. The Morgan fingerprint density at radius 2 is 1.82 bits per heavy atom. The summed E-state index contributed by atoms with van der Waals surface area (Å²) in [5, 5.41) is 4.20. The lowest BCUT2D eigenvalue weighted by Gasteiger charge is -2.46. The molecular weight excluding hydrogens is 624 g/mol. The first kappa shape index (κ1) is 35.6. The molecular formula is C40H54N8O2. The first-order valence-electron chi connectivity index (χ1n) is 18.0. The van der Waals surface area contributed by atoms with Gasteiger partial charge in [-0.1, -0.05) is 24.8 Å². The summed E-state index contributed by atoms with van der Waals surface area (Å²) in [6.45, 7) is 19.3. The second kappa shape index (κ2) is 15.3. The number of ether oxygens (including phenoxy) is 1. The van der Waals surface area contributed by atoms with Crippen LogP contribution in [0.25, 0.3) is 22.2 Å². The van der Waals surface area contributed by atoms with Crippen LogP contribution in [0, 0.1) is 0 Å². The smallest absolute Gasteiger partial charge is 0.247 e. The molecule has 2 aliphatic heterocycles. The van der Waals surface area contributed by atoms with Gasteiger partial charge in [-0.2, -0.15) is 0 Å². The average Bonchev–Trinajstić information content (AvgIpc) is 3.47. The van der Waals surface area contributed by atoms with E-state index >= 15 is 0 Å². The number of hydrogen-bond acceptors (Lipinski definition) is 8. The number of fused-ring (bicyclic) bond motifs is 1. The van der Waals surface area contributed by atoms with Crippen molar-refractivity contribution in [2.45, 2.75) is 51.6 Å². The van der Waals surface area contributed by atoms with Gasteiger partial charge in [0.2, 0.25) is 5.91 Å². The molecule has 2 saturated heterocycles. The Kier molecular flexibility index (Phi) is 10.9. The highest BCUT2D eigenvalue weighted by molar-refractivity contribution is 6.01. The fourth-order valence-corrected chi connectivity index (χ4v) is 7.57. The normalized spacial score (nSPS) is 16.8. The second-order valence-electron chi connectivity index (χ2n) is 14.8. The number of likely N-dealkylation sites (N-methyl/N-ethyl adjacent to an activating group) is 1. The van der Waals surface area contributed by atoms with E-state index in [1.165, 1.54) is 32.0 Å². The number of carbonyl (C=O) groups excluding carboxylic acids is 1. The van der Waals surface area contributed by atoms with Crippen LogP contribution < -0.4 is 15.0 Å². The van der Waals surface area contributed by atoms with Gasteiger partial charge < -0.3 is 24.4 Å². The van der Waals surface area contributed by atoms with Crippen molar-refractivity contribution in [3.8, 4) is 17.0 Å². The van der Waals surface area contributed by atoms with Gasteiger partial charge >= 0.3 is 0 Å². The van der Waals surface area contributed by atoms with Crippen molar-refractivity contribution in [1.29, 1.82) is 0 Å². The van der Waals surface area contributed by atoms with Crippen molar-refractivity contribution in [2.75, 3.05) is 76.7 Å². The summed E-state index contributed by atoms with van der Waals surface area (Å²) in [5.74, 6) is 1.15. The number of amides is 1. The predicted octanol–water partition coefficient (Wildman–Crippen LogP) is 5.68. The third-order valence-electron chi connectivity index (χ3n) is 10.6. The number of likely N-dealkylation sites (tertiary alicyclic amines) is 1. The zero-order valence-corrected chi connectivity index (χ0v) is 30.8. The van der Waals surface area contributed by atoms with E-state index in [0.29, 0.717) is 24.0 Å². The molecule has 0 radical (unpaired) electrons. The number of aryl methyl sites for hydroxylation is 1. The molecule has 50 heavy (non-hydrogen) atoms. The van der Waals surface area contributed by atoms with Crippen LogP contribution in [0.1, 0.15) is 45.0 Å². The first-order valence-corrected chi connectivity index (χ1v) is 18.0. The summed E-state index contributed by atoms with van der Waals surface area (Å²) in [7, 11) is 5.82. The molecule has 2 aliphatic rings. The maximum Gasteiger partial charge on any atom is 0.247 e. The Morgan fingerprint density at radius 3 is 2.52 bits per heavy atom. The molecule has 4 aromatic rings. The van der Waals surface area contributed by atoms with Gasteiger partial charge in [0.05, 0.1) is 24.2 Å². The quantitative estimate of drug-likeness (QED) is 0.203. The van der Waals surface area contributed by atoms with Crippen LogP contribution >= 0.6 is 0 Å². The van der Waals surface area contributed by atoms with Crippen LogP contribution in [0.15, 0.2) is 67.5 Å². The third kappa shape index (κ3) is 8.04. The van der Waals surface area contributed by atoms with Crippen molar-refractivity contribution in [3.63, 3.8) is 0 Å². The number of para-hydroxylation sites is 1. The molecule has 1 N–H and O–H groups in total. The van der Waals surface area contributed by atoms with E-state index in [9.17, 15) is 4.79 Å². The van der Waals surface area contributed by atoms with E-state index in [4.69, 9.17) is 9.72 Å². The lowest BCUT2D eigenvalue weighted by Crippen LogP contribution is -2.57. The van der Waals surface area contributed by atoms with Crippen LogP contribution in [0.5, 0.6) is 5.75 Å². The van der Waals surface area contributed by atoms with Crippen LogP contribution in [0.4, 0.5) is 11.4 Å². The highest BCUT2D eigenvalue weighted by Gasteiger charge is 2.31. The number of nitrogens with zero attached hydrogens (tertiary/aromatic N) is 7. The van der Waals surface area contributed by atoms with Crippen molar-refractivity contribution >= 4 is 28.2 Å². The standard InChI is InChI=1S/C40H54N8O2/c1-8-39(49)43-34-25-29(26-38-41-16-13-33(42-38)32-28-45(6)35-12-10-9-11-31(32)35)37(50-7)27-36(34)44(5)19-20-46-17-14-30(15-18-46)47-21-23-48(24-22-47)40(2,3)4/h8-13,16,25,27-28,30H,1,14-15,17-24,26H2,2-7H3,(H,43,49). The fraction of sp³-hybridized carbons (Fsp3) is 0.475. The summed E-state index contributed by atoms with van der Waals surface area (Å²) >= 11 is 0. The molecule has 2 aromatic carbocycles. The average molecular weight is 679 g/mol. The van der Waals surface area contributed by atoms with Crippen molar-refractivity contribution in [1.82, 2.24) is 29.2 Å². The highest BCUT2D eigenvalue weighted by Crippen LogP contribution is 2.35. The van der Waals surface area contributed by atoms with E-state index in [-0.39, 0.29) is 11.4 Å². The number of anilines is 2. The molecule has 0 bridgehead atoms. The number of aromatic nitrogens is 3. The van der Waals surface area contributed by atoms with E-state index in [2.05, 4.69) is 100 Å². The fourth-order valence-electron chi connectivity index (χ4n) is 7.57. The predicted molar refractivity (Wildman–Crippen MR) is 204 cm³/mol. The van der Waals surface area contributed by atoms with Gasteiger partial charge in [-0.3, -0.25) is 14.6 Å². The SMILES string of the molecule is C=CC(=O)Nc1cc(Cc2nccc(-c3cn(C)c4ccccc34)n2)c(OC)cc1N(C)CCN1CCC(N2CCN(C(C)(C)C)CC2)CC1. The summed E-state index contributed by atoms with van der Waals surface area (Å²) < 4.78 is 8.05. The number of piperidine rings is 1. The van der Waals surface area contributed by atoms with E-state index < -0.39 is 0 Å². The largest absolute Gasteiger partial charge is 0.496 e. The van der Waals surface area contributed by atoms with E-state index in [0.717, 1.165) is 78.4 Å². The van der Waals surface area contributed by atoms with Gasteiger partial charge in [0.15, 0.2) is 0 Å². The molecule has 0 saturated carbocycles. The molecule has 10 heteroatoms. The molecule has 2 aromatic heterocycles. The Labute approximate surface area is 297 Å². The number of methoxy groups -OCH3 is 1. The molecule has 2 fully saturated rings. The van der Waals surface area contributed by atoms with Gasteiger partial charge in [-0.15, -0.1) is 0 Å². The Balaban J connectivity index is 1.13. The molecule has 4 heterocycles. The van der Waals surface area contributed by atoms with Crippen LogP contribution in [0.3, 0.4) is 0 Å². The number of carbonyl (C=O) groups is 1. The zero-order chi connectivity index (χ0) is 35.4. The minimum atomic E-state index is -0.254. The maximum atomic E-state index is 12.6. The minimum Gasteiger partial charge on any atom is -0.496 e. The van der Waals surface area contributed by atoms with Gasteiger partial charge in [0.25, 0.3) is 0 Å². The minimum absolute atomic E-state index is 0.249. The molecule has 0 spiro atoms. The highest BCUT2D eigenvalue weighted by atomic mass is 16.5. The molecule has 266 valence electrons. The van der Waals surface area contributed by atoms with Crippen molar-refractivity contribution in [3.05, 3.63) is 78.9 Å². The monoisotopic (exact) mass is 678 g/mol. The topological polar surface area (TPSA) is 82.0 Å². The van der Waals surface area contributed by atoms with Crippen molar-refractivity contribution in [2.24, 2.45) is 7.05 Å². The van der Waals surface area contributed by atoms with Crippen LogP contribution in [0.2, 0.25) is 0 Å². The third-order valence-corrected chi connectivity index (χ3v) is 10.6. The van der Waals surface area contributed by atoms with Crippen LogP contribution in [-0.2, 0) is 18.3 Å². The van der Waals surface area contributed by atoms with Gasteiger partial charge in [0, 0.05) is 112 Å². The molecule has 1 amide bonds. The second-order valence-corrected chi connectivity index (χ2v) is 14.8. The number of nitrogens with one attached hydrogen (secondary N) is 1. The molecule has 0 unspecified atom stereocenters. The number of hydrogen-bond donors (Lipinski definition) is 1. The van der Waals surface area contributed by atoms with Gasteiger partial charge in [-0.25, -0.2) is 9.97 Å². The maximum absolute atomic E-state index is 12.6. The summed E-state index contributed by atoms with van der Waals surface area (Å²) in [6.07, 6.45) is 8.10. The molecule has 6 rings (SSSR count). The Morgan fingerprint density at radius 1 is 1.08 bits per heavy atom. The van der Waals surface area contributed by atoms with Crippen LogP contribution in [-0.4, -0.2) is 113 Å². The number of rotatable bonds is 11. The Bertz CT molecular complexity index is 1790. The van der Waals surface area contributed by atoms with Crippen molar-refractivity contribution < 1.29 is 9.53 Å². The first-order chi connectivity index (χ1) is 24.0. The number of piperazine rings is 1. The lowest BCUT2D eigenvalue weighted by molar-refractivity contribution is -0.111. The van der Waals surface area contributed by atoms with Gasteiger partial charge in [0.1, 0.15) is 11.6 Å². The summed E-state index contributed by atoms with van der Waals surface area (Å²) in [5.41, 5.74) is 5.85. The zero-order valence-electron chi connectivity index (χ0n) is 30.8. The summed E-state index contributed by atoms with van der Waals surface area (Å²) in [6, 6.07) is 15.0. The summed E-state index contributed by atoms with van der Waals surface area (Å²) in [4.78, 5) is 32.3. The van der Waals surface area contributed by atoms with Gasteiger partial charge in [-0.05, 0) is 71.0 Å². The molecule has 0 aliphatic carbocycles. The number of benzene rings is 2.